The van der Waals surface area contributed by atoms with E-state index in [2.05, 4.69) is 40.5 Å². The number of hydrogen-bond acceptors (Lipinski definition) is 8. The van der Waals surface area contributed by atoms with Crippen molar-refractivity contribution in [3.63, 3.8) is 0 Å². The van der Waals surface area contributed by atoms with Gasteiger partial charge in [-0.05, 0) is 12.8 Å². The van der Waals surface area contributed by atoms with Crippen LogP contribution in [-0.2, 0) is 6.54 Å². The van der Waals surface area contributed by atoms with Gasteiger partial charge in [-0.1, -0.05) is 0 Å². The lowest BCUT2D eigenvalue weighted by Gasteiger charge is -2.29. The summed E-state index contributed by atoms with van der Waals surface area (Å²) in [7, 11) is 0. The largest absolute Gasteiger partial charge is 0.408 e. The fourth-order valence-corrected chi connectivity index (χ4v) is 4.09. The van der Waals surface area contributed by atoms with E-state index in [9.17, 15) is 13.2 Å². The number of anilines is 4. The molecule has 0 spiro atoms. The zero-order chi connectivity index (χ0) is 22.1. The lowest BCUT2D eigenvalue weighted by molar-refractivity contribution is -0.141. The first-order chi connectivity index (χ1) is 15.4. The van der Waals surface area contributed by atoms with Crippen molar-refractivity contribution in [2.75, 3.05) is 54.4 Å². The predicted octanol–water partition coefficient (Wildman–Crippen LogP) is 2.54. The zero-order valence-corrected chi connectivity index (χ0v) is 17.4. The SMILES string of the molecule is FC(F)(F)Cn1ncc2cnc(Nc3nc(N4CCCC4)cc(N4CCNCC4)n3)cc21. The van der Waals surface area contributed by atoms with Crippen LogP contribution in [0.2, 0.25) is 0 Å². The van der Waals surface area contributed by atoms with Gasteiger partial charge in [0.2, 0.25) is 5.95 Å². The van der Waals surface area contributed by atoms with Gasteiger partial charge in [0.25, 0.3) is 0 Å². The fraction of sp³-hybridized carbons (Fsp3) is 0.500. The Morgan fingerprint density at radius 3 is 2.31 bits per heavy atom. The Morgan fingerprint density at radius 2 is 1.62 bits per heavy atom. The average molecular weight is 447 g/mol. The van der Waals surface area contributed by atoms with Crippen molar-refractivity contribution in [1.82, 2.24) is 30.0 Å². The number of alkyl halides is 3. The predicted molar refractivity (Wildman–Crippen MR) is 115 cm³/mol. The van der Waals surface area contributed by atoms with Crippen molar-refractivity contribution in [1.29, 1.82) is 0 Å². The van der Waals surface area contributed by atoms with Gasteiger partial charge in [0.05, 0.1) is 11.7 Å². The lowest BCUT2D eigenvalue weighted by atomic mass is 10.3. The standard InChI is InChI=1S/C20H24F3N9/c21-20(22,23)13-32-15-9-16(25-11-14(15)12-26-32)27-19-28-17(30-5-1-2-6-30)10-18(29-19)31-7-3-24-4-8-31/h9-12,24H,1-8,13H2,(H,25,27,28,29). The van der Waals surface area contributed by atoms with Crippen LogP contribution in [0.25, 0.3) is 10.9 Å². The summed E-state index contributed by atoms with van der Waals surface area (Å²) in [6.07, 6.45) is 0.763. The molecule has 0 unspecified atom stereocenters. The number of nitrogens with zero attached hydrogens (tertiary/aromatic N) is 7. The highest BCUT2D eigenvalue weighted by Crippen LogP contribution is 2.27. The van der Waals surface area contributed by atoms with Gasteiger partial charge in [0, 0.05) is 63.0 Å². The molecule has 3 aromatic heterocycles. The Bertz CT molecular complexity index is 1090. The van der Waals surface area contributed by atoms with Gasteiger partial charge in [0.15, 0.2) is 0 Å². The summed E-state index contributed by atoms with van der Waals surface area (Å²) in [4.78, 5) is 18.1. The molecule has 2 saturated heterocycles. The molecule has 32 heavy (non-hydrogen) atoms. The molecule has 5 heterocycles. The molecule has 2 aliphatic heterocycles. The summed E-state index contributed by atoms with van der Waals surface area (Å²) in [5.74, 6) is 2.41. The molecule has 0 bridgehead atoms. The molecule has 0 amide bonds. The molecule has 2 fully saturated rings. The van der Waals surface area contributed by atoms with Gasteiger partial charge >= 0.3 is 6.18 Å². The van der Waals surface area contributed by atoms with E-state index in [1.807, 2.05) is 6.07 Å². The number of fused-ring (bicyclic) bond motifs is 1. The van der Waals surface area contributed by atoms with Crippen molar-refractivity contribution in [3.05, 3.63) is 24.5 Å². The summed E-state index contributed by atoms with van der Waals surface area (Å²) in [6, 6.07) is 3.56. The Hall–Kier alpha value is -3.15. The van der Waals surface area contributed by atoms with Gasteiger partial charge in [-0.15, -0.1) is 0 Å². The molecule has 3 aromatic rings. The number of halogens is 3. The third-order valence-electron chi connectivity index (χ3n) is 5.67. The maximum atomic E-state index is 12.9. The van der Waals surface area contributed by atoms with Gasteiger partial charge < -0.3 is 20.4 Å². The van der Waals surface area contributed by atoms with Crippen LogP contribution >= 0.6 is 0 Å². The van der Waals surface area contributed by atoms with Crippen molar-refractivity contribution in [2.45, 2.75) is 25.6 Å². The zero-order valence-electron chi connectivity index (χ0n) is 17.4. The number of rotatable bonds is 5. The topological polar surface area (TPSA) is 87.0 Å². The van der Waals surface area contributed by atoms with Crippen molar-refractivity contribution in [3.8, 4) is 0 Å². The highest BCUT2D eigenvalue weighted by molar-refractivity contribution is 5.80. The minimum Gasteiger partial charge on any atom is -0.356 e. The van der Waals surface area contributed by atoms with E-state index < -0.39 is 12.7 Å². The summed E-state index contributed by atoms with van der Waals surface area (Å²) in [6.45, 7) is 4.18. The van der Waals surface area contributed by atoms with Crippen LogP contribution in [-0.4, -0.2) is 70.2 Å². The molecule has 2 N–H and O–H groups in total. The molecule has 0 aliphatic carbocycles. The van der Waals surface area contributed by atoms with Crippen LogP contribution in [0, 0.1) is 0 Å². The molecular formula is C20H24F3N9. The second-order valence-electron chi connectivity index (χ2n) is 8.01. The number of pyridine rings is 1. The quantitative estimate of drug-likeness (QED) is 0.617. The molecule has 2 aliphatic rings. The van der Waals surface area contributed by atoms with E-state index in [4.69, 9.17) is 0 Å². The van der Waals surface area contributed by atoms with E-state index in [0.717, 1.165) is 68.4 Å². The second kappa shape index (κ2) is 8.41. The number of piperazine rings is 1. The van der Waals surface area contributed by atoms with Gasteiger partial charge in [-0.3, -0.25) is 4.68 Å². The molecular weight excluding hydrogens is 423 g/mol. The van der Waals surface area contributed by atoms with Gasteiger partial charge in [-0.2, -0.15) is 28.2 Å². The molecule has 5 rings (SSSR count). The van der Waals surface area contributed by atoms with E-state index in [0.29, 0.717) is 22.7 Å². The number of nitrogens with one attached hydrogen (secondary N) is 2. The minimum atomic E-state index is -4.36. The Morgan fingerprint density at radius 1 is 0.938 bits per heavy atom. The Kier molecular flexibility index (Phi) is 5.45. The molecule has 0 radical (unpaired) electrons. The maximum absolute atomic E-state index is 12.9. The Balaban J connectivity index is 1.46. The average Bonchev–Trinajstić information content (AvgIpc) is 3.44. The number of aromatic nitrogens is 5. The summed E-state index contributed by atoms with van der Waals surface area (Å²) in [5.41, 5.74) is 0.345. The Labute approximate surface area is 182 Å². The summed E-state index contributed by atoms with van der Waals surface area (Å²) in [5, 5.41) is 10.8. The summed E-state index contributed by atoms with van der Waals surface area (Å²) >= 11 is 0. The fourth-order valence-electron chi connectivity index (χ4n) is 4.09. The van der Waals surface area contributed by atoms with Crippen molar-refractivity contribution < 1.29 is 13.2 Å². The normalized spacial score (nSPS) is 17.3. The lowest BCUT2D eigenvalue weighted by Crippen LogP contribution is -2.44. The first kappa shape index (κ1) is 20.7. The molecule has 170 valence electrons. The van der Waals surface area contributed by atoms with Gasteiger partial charge in [0.1, 0.15) is 24.0 Å². The van der Waals surface area contributed by atoms with Crippen molar-refractivity contribution in [2.24, 2.45) is 0 Å². The maximum Gasteiger partial charge on any atom is 0.408 e. The molecule has 0 aromatic carbocycles. The first-order valence-corrected chi connectivity index (χ1v) is 10.7. The van der Waals surface area contributed by atoms with Crippen LogP contribution in [0.4, 0.5) is 36.6 Å². The van der Waals surface area contributed by atoms with E-state index >= 15 is 0 Å². The third kappa shape index (κ3) is 4.54. The van der Waals surface area contributed by atoms with Crippen molar-refractivity contribution >= 4 is 34.3 Å². The molecule has 0 saturated carbocycles. The highest BCUT2D eigenvalue weighted by Gasteiger charge is 2.29. The van der Waals surface area contributed by atoms with Crippen LogP contribution in [0.1, 0.15) is 12.8 Å². The van der Waals surface area contributed by atoms with Crippen LogP contribution in [0.5, 0.6) is 0 Å². The third-order valence-corrected chi connectivity index (χ3v) is 5.67. The second-order valence-corrected chi connectivity index (χ2v) is 8.01. The minimum absolute atomic E-state index is 0.345. The summed E-state index contributed by atoms with van der Waals surface area (Å²) < 4.78 is 39.6. The van der Waals surface area contributed by atoms with Crippen LogP contribution in [0.3, 0.4) is 0 Å². The van der Waals surface area contributed by atoms with E-state index in [1.165, 1.54) is 12.4 Å². The van der Waals surface area contributed by atoms with Gasteiger partial charge in [-0.25, -0.2) is 4.98 Å². The first-order valence-electron chi connectivity index (χ1n) is 10.7. The van der Waals surface area contributed by atoms with E-state index in [1.54, 1.807) is 6.07 Å². The smallest absolute Gasteiger partial charge is 0.356 e. The van der Waals surface area contributed by atoms with Crippen LogP contribution in [0.15, 0.2) is 24.5 Å². The molecule has 0 atom stereocenters. The van der Waals surface area contributed by atoms with Crippen LogP contribution < -0.4 is 20.4 Å². The monoisotopic (exact) mass is 447 g/mol. The highest BCUT2D eigenvalue weighted by atomic mass is 19.4. The number of hydrogen-bond donors (Lipinski definition) is 2. The van der Waals surface area contributed by atoms with E-state index in [-0.39, 0.29) is 0 Å². The molecule has 9 nitrogen and oxygen atoms in total. The molecule has 12 heteroatoms.